The van der Waals surface area contributed by atoms with E-state index in [1.54, 1.807) is 0 Å². The SMILES string of the molecule is C=CCS(=O)(=O)N=S(=O)(OF)C(F)F. The van der Waals surface area contributed by atoms with Crippen LogP contribution in [0.2, 0.25) is 0 Å². The minimum Gasteiger partial charge on any atom is -0.211 e. The molecule has 84 valence electrons. The van der Waals surface area contributed by atoms with Crippen molar-refractivity contribution in [2.24, 2.45) is 3.77 Å². The quantitative estimate of drug-likeness (QED) is 0.685. The van der Waals surface area contributed by atoms with E-state index >= 15 is 0 Å². The van der Waals surface area contributed by atoms with E-state index in [2.05, 4.69) is 14.7 Å². The van der Waals surface area contributed by atoms with Gasteiger partial charge in [0.15, 0.2) is 0 Å². The summed E-state index contributed by atoms with van der Waals surface area (Å²) in [6.07, 6.45) is 0.822. The van der Waals surface area contributed by atoms with Gasteiger partial charge in [-0.1, -0.05) is 14.2 Å². The Kier molecular flexibility index (Phi) is 4.55. The molecular weight excluding hydrogens is 247 g/mol. The molecule has 0 radical (unpaired) electrons. The van der Waals surface area contributed by atoms with Crippen LogP contribution < -0.4 is 0 Å². The molecule has 0 spiro atoms. The molecule has 1 unspecified atom stereocenters. The van der Waals surface area contributed by atoms with E-state index in [1.807, 2.05) is 0 Å². The molecule has 0 aliphatic heterocycles. The fourth-order valence-corrected chi connectivity index (χ4v) is 2.62. The highest BCUT2D eigenvalue weighted by Crippen LogP contribution is 2.14. The summed E-state index contributed by atoms with van der Waals surface area (Å²) in [6, 6.07) is 0. The standard InChI is InChI=1S/C4H6F3NO4S2/c1-2-3-13(9,10)8-14(11,12-7)4(5)6/h2,4H,1,3H2. The van der Waals surface area contributed by atoms with Crippen LogP contribution in [0.1, 0.15) is 0 Å². The van der Waals surface area contributed by atoms with Gasteiger partial charge in [-0.05, 0) is 4.53 Å². The van der Waals surface area contributed by atoms with E-state index in [0.29, 0.717) is 0 Å². The topological polar surface area (TPSA) is 72.8 Å². The molecule has 0 saturated heterocycles. The Bertz CT molecular complexity index is 408. The molecule has 14 heavy (non-hydrogen) atoms. The lowest BCUT2D eigenvalue weighted by Gasteiger charge is -2.01. The summed E-state index contributed by atoms with van der Waals surface area (Å²) < 4.78 is 71.6. The molecule has 0 bridgehead atoms. The summed E-state index contributed by atoms with van der Waals surface area (Å²) in [7, 11) is -9.59. The van der Waals surface area contributed by atoms with Gasteiger partial charge in [-0.3, -0.25) is 0 Å². The Morgan fingerprint density at radius 3 is 2.21 bits per heavy atom. The van der Waals surface area contributed by atoms with Crippen LogP contribution in [0, 0.1) is 0 Å². The second kappa shape index (κ2) is 4.75. The number of hydrogen-bond donors (Lipinski definition) is 0. The smallest absolute Gasteiger partial charge is 0.211 e. The third kappa shape index (κ3) is 3.64. The van der Waals surface area contributed by atoms with Crippen LogP contribution in [0.15, 0.2) is 16.4 Å². The number of alkyl halides is 2. The van der Waals surface area contributed by atoms with E-state index in [-0.39, 0.29) is 0 Å². The summed E-state index contributed by atoms with van der Waals surface area (Å²) >= 11 is 0. The third-order valence-electron chi connectivity index (χ3n) is 0.861. The fourth-order valence-electron chi connectivity index (χ4n) is 0.409. The molecule has 10 heteroatoms. The van der Waals surface area contributed by atoms with Crippen LogP contribution in [-0.2, 0) is 24.4 Å². The first-order chi connectivity index (χ1) is 6.27. The lowest BCUT2D eigenvalue weighted by atomic mass is 10.8. The molecule has 0 fully saturated rings. The normalized spacial score (nSPS) is 16.3. The Morgan fingerprint density at radius 1 is 1.43 bits per heavy atom. The Morgan fingerprint density at radius 2 is 1.93 bits per heavy atom. The second-order valence-electron chi connectivity index (χ2n) is 1.95. The number of nitrogens with zero attached hydrogens (tertiary/aromatic N) is 1. The molecule has 0 saturated carbocycles. The van der Waals surface area contributed by atoms with Gasteiger partial charge in [0.05, 0.1) is 5.75 Å². The Balaban J connectivity index is 5.35. The predicted molar refractivity (Wildman–Crippen MR) is 42.8 cm³/mol. The molecule has 0 aliphatic rings. The molecule has 0 heterocycles. The van der Waals surface area contributed by atoms with Crippen molar-refractivity contribution in [2.45, 2.75) is 5.76 Å². The van der Waals surface area contributed by atoms with E-state index in [9.17, 15) is 25.9 Å². The third-order valence-corrected chi connectivity index (χ3v) is 3.89. The lowest BCUT2D eigenvalue weighted by molar-refractivity contribution is -0.000779. The Labute approximate surface area is 78.9 Å². The highest BCUT2D eigenvalue weighted by atomic mass is 32.3. The molecule has 1 atom stereocenters. The Hall–Kier alpha value is -0.610. The summed E-state index contributed by atoms with van der Waals surface area (Å²) in [5.41, 5.74) is 0. The van der Waals surface area contributed by atoms with Gasteiger partial charge in [-0.15, -0.1) is 6.58 Å². The van der Waals surface area contributed by atoms with Gasteiger partial charge < -0.3 is 0 Å². The van der Waals surface area contributed by atoms with E-state index in [1.165, 1.54) is 0 Å². The van der Waals surface area contributed by atoms with Gasteiger partial charge in [-0.25, -0.2) is 12.6 Å². The maximum Gasteiger partial charge on any atom is 0.346 e. The molecule has 0 aromatic heterocycles. The predicted octanol–water partition coefficient (Wildman–Crippen LogP) is 1.01. The summed E-state index contributed by atoms with van der Waals surface area (Å²) in [6.45, 7) is 2.99. The molecule has 5 nitrogen and oxygen atoms in total. The summed E-state index contributed by atoms with van der Waals surface area (Å²) in [5, 5.41) is 0. The molecule has 0 aliphatic carbocycles. The number of sulfonamides is 1. The highest BCUT2D eigenvalue weighted by molar-refractivity contribution is 8.01. The number of hydrogen-bond acceptors (Lipinski definition) is 4. The molecular formula is C4H6F3NO4S2. The van der Waals surface area contributed by atoms with E-state index in [0.717, 1.165) is 6.08 Å². The van der Waals surface area contributed by atoms with Gasteiger partial charge in [0.2, 0.25) is 0 Å². The van der Waals surface area contributed by atoms with Crippen molar-refractivity contribution in [3.05, 3.63) is 12.7 Å². The summed E-state index contributed by atoms with van der Waals surface area (Å²) in [5.74, 6) is -4.69. The zero-order chi connectivity index (χ0) is 11.4. The maximum atomic E-state index is 11.8. The van der Waals surface area contributed by atoms with Crippen molar-refractivity contribution in [3.63, 3.8) is 0 Å². The molecule has 0 N–H and O–H groups in total. The number of rotatable bonds is 5. The minimum absolute atomic E-state index is 0.822. The van der Waals surface area contributed by atoms with Crippen LogP contribution in [-0.4, -0.2) is 24.1 Å². The zero-order valence-corrected chi connectivity index (χ0v) is 8.23. The molecule has 0 amide bonds. The van der Waals surface area contributed by atoms with Crippen LogP contribution in [0.3, 0.4) is 0 Å². The van der Waals surface area contributed by atoms with Crippen molar-refractivity contribution >= 4 is 20.0 Å². The fraction of sp³-hybridized carbons (Fsp3) is 0.500. The first-order valence-electron chi connectivity index (χ1n) is 2.96. The van der Waals surface area contributed by atoms with Crippen molar-refractivity contribution < 1.29 is 30.3 Å². The summed E-state index contributed by atoms with van der Waals surface area (Å²) in [4.78, 5) is 0. The lowest BCUT2D eigenvalue weighted by Crippen LogP contribution is -2.14. The second-order valence-corrected chi connectivity index (χ2v) is 5.56. The van der Waals surface area contributed by atoms with Gasteiger partial charge in [0.1, 0.15) is 0 Å². The molecule has 0 rings (SSSR count). The van der Waals surface area contributed by atoms with E-state index < -0.39 is 31.5 Å². The van der Waals surface area contributed by atoms with Gasteiger partial charge in [-0.2, -0.15) is 8.78 Å². The van der Waals surface area contributed by atoms with Crippen LogP contribution in [0.5, 0.6) is 0 Å². The zero-order valence-electron chi connectivity index (χ0n) is 6.60. The van der Waals surface area contributed by atoms with E-state index in [4.69, 9.17) is 0 Å². The van der Waals surface area contributed by atoms with Crippen molar-refractivity contribution in [3.8, 4) is 0 Å². The van der Waals surface area contributed by atoms with Crippen molar-refractivity contribution in [2.75, 3.05) is 5.75 Å². The maximum absolute atomic E-state index is 11.8. The first kappa shape index (κ1) is 13.4. The highest BCUT2D eigenvalue weighted by Gasteiger charge is 2.27. The van der Waals surface area contributed by atoms with Gasteiger partial charge in [0.25, 0.3) is 20.0 Å². The van der Waals surface area contributed by atoms with Crippen LogP contribution in [0.4, 0.5) is 13.3 Å². The van der Waals surface area contributed by atoms with Gasteiger partial charge in [0, 0.05) is 0 Å². The molecule has 0 aromatic carbocycles. The van der Waals surface area contributed by atoms with Gasteiger partial charge >= 0.3 is 5.76 Å². The molecule has 0 aromatic rings. The number of halogens is 3. The minimum atomic E-state index is -5.13. The van der Waals surface area contributed by atoms with Crippen molar-refractivity contribution in [1.29, 1.82) is 0 Å². The average Bonchev–Trinajstić information content (AvgIpc) is 2.02. The van der Waals surface area contributed by atoms with Crippen LogP contribution >= 0.6 is 0 Å². The van der Waals surface area contributed by atoms with Crippen molar-refractivity contribution in [1.82, 2.24) is 0 Å². The monoisotopic (exact) mass is 253 g/mol. The average molecular weight is 253 g/mol. The largest absolute Gasteiger partial charge is 0.346 e. The first-order valence-corrected chi connectivity index (χ1v) is 6.08. The van der Waals surface area contributed by atoms with Crippen LogP contribution in [0.25, 0.3) is 0 Å².